The summed E-state index contributed by atoms with van der Waals surface area (Å²) in [7, 11) is 0. The van der Waals surface area contributed by atoms with E-state index in [-0.39, 0.29) is 12.0 Å². The van der Waals surface area contributed by atoms with Gasteiger partial charge in [0.2, 0.25) is 5.91 Å². The fourth-order valence-corrected chi connectivity index (χ4v) is 2.98. The average Bonchev–Trinajstić information content (AvgIpc) is 2.58. The molecule has 120 valence electrons. The lowest BCUT2D eigenvalue weighted by atomic mass is 10.1. The molecule has 1 fully saturated rings. The van der Waals surface area contributed by atoms with E-state index in [1.54, 1.807) is 12.4 Å². The van der Waals surface area contributed by atoms with E-state index in [9.17, 15) is 4.79 Å². The van der Waals surface area contributed by atoms with E-state index in [1.807, 2.05) is 41.3 Å². The molecule has 1 aliphatic rings. The Morgan fingerprint density at radius 1 is 1.26 bits per heavy atom. The summed E-state index contributed by atoms with van der Waals surface area (Å²) in [5.74, 6) is 0.128. The van der Waals surface area contributed by atoms with Crippen molar-refractivity contribution in [1.29, 1.82) is 0 Å². The summed E-state index contributed by atoms with van der Waals surface area (Å²) < 4.78 is 5.80. The second-order valence-corrected chi connectivity index (χ2v) is 6.07. The van der Waals surface area contributed by atoms with Crippen LogP contribution in [0.5, 0.6) is 0 Å². The van der Waals surface area contributed by atoms with E-state index in [4.69, 9.17) is 16.3 Å². The number of nitrogens with zero attached hydrogens (tertiary/aromatic N) is 2. The van der Waals surface area contributed by atoms with Crippen molar-refractivity contribution in [3.05, 3.63) is 64.9 Å². The molecule has 0 radical (unpaired) electrons. The van der Waals surface area contributed by atoms with Gasteiger partial charge in [-0.2, -0.15) is 0 Å². The first kappa shape index (κ1) is 16.0. The normalized spacial score (nSPS) is 18.0. The zero-order valence-electron chi connectivity index (χ0n) is 12.8. The number of hydrogen-bond acceptors (Lipinski definition) is 3. The molecule has 3 rings (SSSR count). The predicted octanol–water partition coefficient (Wildman–Crippen LogP) is 2.75. The van der Waals surface area contributed by atoms with Crippen molar-refractivity contribution in [2.24, 2.45) is 0 Å². The number of pyridine rings is 1. The number of ether oxygens (including phenoxy) is 1. The standard InChI is InChI=1S/C18H19ClN2O2/c19-17-4-2-1-3-15(17)12-16-13-21(9-10-23-16)18(22)11-14-5-7-20-8-6-14/h1-8,16H,9-13H2/t16-/m0/s1. The Morgan fingerprint density at radius 2 is 2.04 bits per heavy atom. The molecule has 1 saturated heterocycles. The number of morpholine rings is 1. The van der Waals surface area contributed by atoms with Gasteiger partial charge in [-0.25, -0.2) is 0 Å². The Hall–Kier alpha value is -1.91. The summed E-state index contributed by atoms with van der Waals surface area (Å²) >= 11 is 6.21. The fourth-order valence-electron chi connectivity index (χ4n) is 2.77. The van der Waals surface area contributed by atoms with E-state index in [0.717, 1.165) is 22.6 Å². The van der Waals surface area contributed by atoms with Crippen LogP contribution in [0.1, 0.15) is 11.1 Å². The Bertz CT molecular complexity index is 663. The summed E-state index contributed by atoms with van der Waals surface area (Å²) in [5, 5.41) is 0.747. The molecular weight excluding hydrogens is 312 g/mol. The zero-order valence-corrected chi connectivity index (χ0v) is 13.6. The molecule has 23 heavy (non-hydrogen) atoms. The summed E-state index contributed by atoms with van der Waals surface area (Å²) in [4.78, 5) is 18.3. The van der Waals surface area contributed by atoms with Gasteiger partial charge in [0.15, 0.2) is 0 Å². The van der Waals surface area contributed by atoms with Gasteiger partial charge in [-0.3, -0.25) is 9.78 Å². The van der Waals surface area contributed by atoms with Crippen molar-refractivity contribution in [1.82, 2.24) is 9.88 Å². The maximum absolute atomic E-state index is 12.5. The summed E-state index contributed by atoms with van der Waals surface area (Å²) in [6.45, 7) is 1.81. The van der Waals surface area contributed by atoms with Crippen LogP contribution < -0.4 is 0 Å². The highest BCUT2D eigenvalue weighted by Crippen LogP contribution is 2.19. The lowest BCUT2D eigenvalue weighted by Gasteiger charge is -2.33. The van der Waals surface area contributed by atoms with E-state index in [0.29, 0.717) is 26.1 Å². The molecule has 2 heterocycles. The Kier molecular flexibility index (Phi) is 5.26. The average molecular weight is 331 g/mol. The van der Waals surface area contributed by atoms with Crippen LogP contribution in [0.4, 0.5) is 0 Å². The van der Waals surface area contributed by atoms with Crippen LogP contribution in [0.2, 0.25) is 5.02 Å². The van der Waals surface area contributed by atoms with Gasteiger partial charge in [0, 0.05) is 36.9 Å². The van der Waals surface area contributed by atoms with Crippen molar-refractivity contribution >= 4 is 17.5 Å². The monoisotopic (exact) mass is 330 g/mol. The van der Waals surface area contributed by atoms with Crippen LogP contribution in [-0.2, 0) is 22.4 Å². The van der Waals surface area contributed by atoms with Gasteiger partial charge >= 0.3 is 0 Å². The summed E-state index contributed by atoms with van der Waals surface area (Å²) in [5.41, 5.74) is 2.04. The fraction of sp³-hybridized carbons (Fsp3) is 0.333. The highest BCUT2D eigenvalue weighted by atomic mass is 35.5. The molecule has 0 saturated carbocycles. The Labute approximate surface area is 141 Å². The van der Waals surface area contributed by atoms with Crippen molar-refractivity contribution < 1.29 is 9.53 Å². The molecule has 1 aliphatic heterocycles. The number of rotatable bonds is 4. The highest BCUT2D eigenvalue weighted by Gasteiger charge is 2.24. The van der Waals surface area contributed by atoms with E-state index in [2.05, 4.69) is 4.98 Å². The molecule has 1 aromatic carbocycles. The van der Waals surface area contributed by atoms with E-state index >= 15 is 0 Å². The number of aromatic nitrogens is 1. The van der Waals surface area contributed by atoms with Crippen LogP contribution in [0.15, 0.2) is 48.8 Å². The molecule has 4 nitrogen and oxygen atoms in total. The van der Waals surface area contributed by atoms with Crippen LogP contribution in [0, 0.1) is 0 Å². The Balaban J connectivity index is 1.59. The van der Waals surface area contributed by atoms with Crippen molar-refractivity contribution in [3.8, 4) is 0 Å². The smallest absolute Gasteiger partial charge is 0.227 e. The molecule has 1 aromatic heterocycles. The first-order valence-electron chi connectivity index (χ1n) is 7.74. The molecule has 2 aromatic rings. The first-order chi connectivity index (χ1) is 11.2. The van der Waals surface area contributed by atoms with Crippen LogP contribution in [0.3, 0.4) is 0 Å². The third-order valence-electron chi connectivity index (χ3n) is 4.00. The number of carbonyl (C=O) groups is 1. The minimum absolute atomic E-state index is 0.00922. The number of carbonyl (C=O) groups excluding carboxylic acids is 1. The maximum Gasteiger partial charge on any atom is 0.227 e. The van der Waals surface area contributed by atoms with Gasteiger partial charge < -0.3 is 9.64 Å². The number of halogens is 1. The van der Waals surface area contributed by atoms with Crippen LogP contribution >= 0.6 is 11.6 Å². The molecular formula is C18H19ClN2O2. The lowest BCUT2D eigenvalue weighted by molar-refractivity contribution is -0.138. The lowest BCUT2D eigenvalue weighted by Crippen LogP contribution is -2.46. The minimum atomic E-state index is -0.00922. The van der Waals surface area contributed by atoms with Crippen molar-refractivity contribution in [3.63, 3.8) is 0 Å². The first-order valence-corrected chi connectivity index (χ1v) is 8.12. The van der Waals surface area contributed by atoms with Crippen molar-refractivity contribution in [2.45, 2.75) is 18.9 Å². The quantitative estimate of drug-likeness (QED) is 0.865. The van der Waals surface area contributed by atoms with Gasteiger partial charge in [0.1, 0.15) is 0 Å². The zero-order chi connectivity index (χ0) is 16.1. The van der Waals surface area contributed by atoms with Gasteiger partial charge in [0.25, 0.3) is 0 Å². The predicted molar refractivity (Wildman–Crippen MR) is 89.4 cm³/mol. The second-order valence-electron chi connectivity index (χ2n) is 5.66. The topological polar surface area (TPSA) is 42.4 Å². The maximum atomic E-state index is 12.5. The molecule has 0 aliphatic carbocycles. The number of benzene rings is 1. The molecule has 1 amide bonds. The van der Waals surface area contributed by atoms with Gasteiger partial charge in [-0.05, 0) is 29.3 Å². The highest BCUT2D eigenvalue weighted by molar-refractivity contribution is 6.31. The number of amides is 1. The van der Waals surface area contributed by atoms with Gasteiger partial charge in [-0.1, -0.05) is 29.8 Å². The van der Waals surface area contributed by atoms with E-state index < -0.39 is 0 Å². The van der Waals surface area contributed by atoms with Gasteiger partial charge in [-0.15, -0.1) is 0 Å². The molecule has 0 bridgehead atoms. The molecule has 1 atom stereocenters. The third kappa shape index (κ3) is 4.30. The van der Waals surface area contributed by atoms with Crippen LogP contribution in [0.25, 0.3) is 0 Å². The largest absolute Gasteiger partial charge is 0.374 e. The molecule has 0 spiro atoms. The molecule has 0 N–H and O–H groups in total. The van der Waals surface area contributed by atoms with Crippen molar-refractivity contribution in [2.75, 3.05) is 19.7 Å². The molecule has 0 unspecified atom stereocenters. The minimum Gasteiger partial charge on any atom is -0.374 e. The van der Waals surface area contributed by atoms with Crippen LogP contribution in [-0.4, -0.2) is 41.6 Å². The SMILES string of the molecule is O=C(Cc1ccncc1)N1CCO[C@@H](Cc2ccccc2Cl)C1. The second kappa shape index (κ2) is 7.57. The summed E-state index contributed by atoms with van der Waals surface area (Å²) in [6.07, 6.45) is 4.54. The molecule has 5 heteroatoms. The van der Waals surface area contributed by atoms with E-state index in [1.165, 1.54) is 0 Å². The van der Waals surface area contributed by atoms with Gasteiger partial charge in [0.05, 0.1) is 19.1 Å². The third-order valence-corrected chi connectivity index (χ3v) is 4.37. The summed E-state index contributed by atoms with van der Waals surface area (Å²) in [6, 6.07) is 11.5. The number of hydrogen-bond donors (Lipinski definition) is 0. The Morgan fingerprint density at radius 3 is 2.83 bits per heavy atom.